The number of aromatic nitrogens is 5. The van der Waals surface area contributed by atoms with Crippen molar-refractivity contribution in [2.75, 3.05) is 12.4 Å². The van der Waals surface area contributed by atoms with Crippen LogP contribution in [0.5, 0.6) is 5.75 Å². The van der Waals surface area contributed by atoms with Crippen LogP contribution in [0.4, 0.5) is 0 Å². The fraction of sp³-hybridized carbons (Fsp3) is 0.111. The average molecular weight is 400 g/mol. The third-order valence-corrected chi connectivity index (χ3v) is 4.98. The molecule has 0 atom stereocenters. The summed E-state index contributed by atoms with van der Waals surface area (Å²) in [7, 11) is 0. The van der Waals surface area contributed by atoms with Crippen molar-refractivity contribution in [3.05, 3.63) is 70.2 Å². The second-order valence-corrected chi connectivity index (χ2v) is 6.96. The van der Waals surface area contributed by atoms with E-state index in [0.29, 0.717) is 45.1 Å². The molecule has 7 nitrogen and oxygen atoms in total. The molecule has 0 radical (unpaired) electrons. The number of nitrogens with one attached hydrogen (secondary N) is 1. The van der Waals surface area contributed by atoms with Crippen LogP contribution in [0.25, 0.3) is 16.9 Å². The quantitative estimate of drug-likeness (QED) is 0.304. The second-order valence-electron chi connectivity index (χ2n) is 5.49. The first kappa shape index (κ1) is 17.6. The zero-order valence-corrected chi connectivity index (χ0v) is 15.6. The van der Waals surface area contributed by atoms with E-state index in [-0.39, 0.29) is 5.56 Å². The number of aromatic amines is 1. The van der Waals surface area contributed by atoms with Gasteiger partial charge in [-0.05, 0) is 24.3 Å². The Morgan fingerprint density at radius 2 is 1.96 bits per heavy atom. The molecule has 0 aliphatic heterocycles. The molecule has 0 aliphatic carbocycles. The van der Waals surface area contributed by atoms with Gasteiger partial charge >= 0.3 is 0 Å². The molecule has 0 spiro atoms. The minimum atomic E-state index is -0.202. The van der Waals surface area contributed by atoms with Crippen LogP contribution in [0.2, 0.25) is 5.02 Å². The van der Waals surface area contributed by atoms with Crippen LogP contribution < -0.4 is 10.3 Å². The minimum absolute atomic E-state index is 0.202. The lowest BCUT2D eigenvalue weighted by Crippen LogP contribution is -2.23. The van der Waals surface area contributed by atoms with Gasteiger partial charge in [-0.2, -0.15) is 10.1 Å². The van der Waals surface area contributed by atoms with Crippen molar-refractivity contribution in [1.82, 2.24) is 24.7 Å². The summed E-state index contributed by atoms with van der Waals surface area (Å²) in [6.45, 7) is 0.410. The molecule has 0 saturated carbocycles. The highest BCUT2D eigenvalue weighted by molar-refractivity contribution is 7.99. The average Bonchev–Trinajstić information content (AvgIpc) is 3.21. The molecule has 0 saturated heterocycles. The molecule has 0 aliphatic rings. The van der Waals surface area contributed by atoms with E-state index < -0.39 is 0 Å². The first-order valence-electron chi connectivity index (χ1n) is 8.12. The SMILES string of the molecule is O=c1c2ccccc2nc(SCCOc2ccccc2Cl)n1-c1ncn[nH]1. The van der Waals surface area contributed by atoms with Crippen molar-refractivity contribution in [1.29, 1.82) is 0 Å². The van der Waals surface area contributed by atoms with Gasteiger partial charge in [-0.15, -0.1) is 0 Å². The Hall–Kier alpha value is -2.84. The Balaban J connectivity index is 1.60. The van der Waals surface area contributed by atoms with E-state index >= 15 is 0 Å². The molecule has 2 aromatic heterocycles. The summed E-state index contributed by atoms with van der Waals surface area (Å²) >= 11 is 7.49. The molecule has 136 valence electrons. The van der Waals surface area contributed by atoms with Gasteiger partial charge in [0.2, 0.25) is 5.95 Å². The number of nitrogens with zero attached hydrogens (tertiary/aromatic N) is 4. The Kier molecular flexibility index (Phi) is 5.08. The van der Waals surface area contributed by atoms with Gasteiger partial charge in [0.15, 0.2) is 5.16 Å². The summed E-state index contributed by atoms with van der Waals surface area (Å²) in [5.74, 6) is 1.52. The molecule has 9 heteroatoms. The molecule has 2 heterocycles. The number of hydrogen-bond acceptors (Lipinski definition) is 6. The Morgan fingerprint density at radius 1 is 1.15 bits per heavy atom. The smallest absolute Gasteiger partial charge is 0.269 e. The fourth-order valence-corrected chi connectivity index (χ4v) is 3.55. The van der Waals surface area contributed by atoms with Gasteiger partial charge in [0.25, 0.3) is 5.56 Å². The summed E-state index contributed by atoms with van der Waals surface area (Å²) in [5.41, 5.74) is 0.430. The molecule has 0 bridgehead atoms. The van der Waals surface area contributed by atoms with Crippen molar-refractivity contribution in [2.24, 2.45) is 0 Å². The van der Waals surface area contributed by atoms with Gasteiger partial charge in [0.05, 0.1) is 22.5 Å². The molecule has 2 aromatic carbocycles. The van der Waals surface area contributed by atoms with E-state index in [1.54, 1.807) is 18.2 Å². The van der Waals surface area contributed by atoms with E-state index in [1.807, 2.05) is 30.3 Å². The molecule has 0 unspecified atom stereocenters. The summed E-state index contributed by atoms with van der Waals surface area (Å²) in [4.78, 5) is 21.6. The van der Waals surface area contributed by atoms with Crippen molar-refractivity contribution in [3.8, 4) is 11.7 Å². The molecular formula is C18H14ClN5O2S. The number of halogens is 1. The van der Waals surface area contributed by atoms with Gasteiger partial charge < -0.3 is 4.74 Å². The number of benzene rings is 2. The molecule has 1 N–H and O–H groups in total. The second kappa shape index (κ2) is 7.81. The minimum Gasteiger partial charge on any atom is -0.491 e. The summed E-state index contributed by atoms with van der Waals surface area (Å²) in [5, 5.41) is 8.15. The number of fused-ring (bicyclic) bond motifs is 1. The predicted octanol–water partition coefficient (Wildman–Crippen LogP) is 3.33. The lowest BCUT2D eigenvalue weighted by molar-refractivity contribution is 0.344. The highest BCUT2D eigenvalue weighted by atomic mass is 35.5. The molecule has 0 fully saturated rings. The van der Waals surface area contributed by atoms with Gasteiger partial charge in [-0.1, -0.05) is 47.6 Å². The van der Waals surface area contributed by atoms with Crippen LogP contribution in [0.3, 0.4) is 0 Å². The molecule has 0 amide bonds. The standard InChI is InChI=1S/C18H14ClN5O2S/c19-13-6-2-4-8-15(13)26-9-10-27-18-22-14-7-3-1-5-12(14)16(25)24(18)17-20-11-21-23-17/h1-8,11H,9-10H2,(H,20,21,23). The number of ether oxygens (including phenoxy) is 1. The Bertz CT molecular complexity index is 1130. The fourth-order valence-electron chi connectivity index (χ4n) is 2.55. The molecule has 4 rings (SSSR count). The number of hydrogen-bond donors (Lipinski definition) is 1. The zero-order chi connectivity index (χ0) is 18.6. The highest BCUT2D eigenvalue weighted by Gasteiger charge is 2.15. The lowest BCUT2D eigenvalue weighted by atomic mass is 10.2. The zero-order valence-electron chi connectivity index (χ0n) is 14.0. The van der Waals surface area contributed by atoms with Crippen LogP contribution in [-0.2, 0) is 0 Å². The van der Waals surface area contributed by atoms with Gasteiger partial charge in [-0.3, -0.25) is 4.79 Å². The van der Waals surface area contributed by atoms with E-state index in [2.05, 4.69) is 20.2 Å². The van der Waals surface area contributed by atoms with Crippen molar-refractivity contribution >= 4 is 34.3 Å². The predicted molar refractivity (Wildman–Crippen MR) is 105 cm³/mol. The number of rotatable bonds is 6. The van der Waals surface area contributed by atoms with Crippen molar-refractivity contribution < 1.29 is 4.74 Å². The van der Waals surface area contributed by atoms with Crippen LogP contribution in [0.1, 0.15) is 0 Å². The number of thioether (sulfide) groups is 1. The van der Waals surface area contributed by atoms with E-state index in [9.17, 15) is 4.79 Å². The third-order valence-electron chi connectivity index (χ3n) is 3.77. The van der Waals surface area contributed by atoms with Gasteiger partial charge in [0, 0.05) is 5.75 Å². The van der Waals surface area contributed by atoms with Crippen LogP contribution >= 0.6 is 23.4 Å². The summed E-state index contributed by atoms with van der Waals surface area (Å²) < 4.78 is 7.13. The first-order valence-corrected chi connectivity index (χ1v) is 9.48. The maximum atomic E-state index is 12.9. The van der Waals surface area contributed by atoms with Gasteiger partial charge in [-0.25, -0.2) is 14.6 Å². The monoisotopic (exact) mass is 399 g/mol. The highest BCUT2D eigenvalue weighted by Crippen LogP contribution is 2.24. The maximum Gasteiger partial charge on any atom is 0.269 e. The maximum absolute atomic E-state index is 12.9. The Labute approximate surface area is 163 Å². The number of para-hydroxylation sites is 2. The third kappa shape index (κ3) is 3.67. The topological polar surface area (TPSA) is 85.7 Å². The lowest BCUT2D eigenvalue weighted by Gasteiger charge is -2.11. The Morgan fingerprint density at radius 3 is 2.78 bits per heavy atom. The van der Waals surface area contributed by atoms with E-state index in [4.69, 9.17) is 16.3 Å². The first-order chi connectivity index (χ1) is 13.2. The largest absolute Gasteiger partial charge is 0.491 e. The summed E-state index contributed by atoms with van der Waals surface area (Å²) in [6.07, 6.45) is 1.35. The number of H-pyrrole nitrogens is 1. The molecule has 4 aromatic rings. The van der Waals surface area contributed by atoms with E-state index in [1.165, 1.54) is 22.7 Å². The molecule has 27 heavy (non-hydrogen) atoms. The van der Waals surface area contributed by atoms with Crippen molar-refractivity contribution in [3.63, 3.8) is 0 Å². The summed E-state index contributed by atoms with van der Waals surface area (Å²) in [6, 6.07) is 14.5. The van der Waals surface area contributed by atoms with Gasteiger partial charge in [0.1, 0.15) is 12.1 Å². The van der Waals surface area contributed by atoms with E-state index in [0.717, 1.165) is 0 Å². The van der Waals surface area contributed by atoms with Crippen LogP contribution in [0.15, 0.2) is 64.8 Å². The van der Waals surface area contributed by atoms with Crippen molar-refractivity contribution in [2.45, 2.75) is 5.16 Å². The van der Waals surface area contributed by atoms with Crippen LogP contribution in [-0.4, -0.2) is 37.1 Å². The van der Waals surface area contributed by atoms with Crippen LogP contribution in [0, 0.1) is 0 Å². The molecular weight excluding hydrogens is 386 g/mol. The normalized spacial score (nSPS) is 11.0.